The second-order valence-electron chi connectivity index (χ2n) is 5.41. The van der Waals surface area contributed by atoms with Gasteiger partial charge in [-0.15, -0.1) is 0 Å². The molecule has 6 heteroatoms. The van der Waals surface area contributed by atoms with Crippen LogP contribution in [0.4, 0.5) is 11.4 Å². The fraction of sp³-hybridized carbons (Fsp3) is 0.222. The number of anilines is 2. The lowest BCUT2D eigenvalue weighted by Gasteiger charge is -2.11. The molecule has 0 atom stereocenters. The molecule has 2 rings (SSSR count). The number of aryl methyl sites for hydroxylation is 2. The van der Waals surface area contributed by atoms with Crippen LogP contribution in [0.3, 0.4) is 0 Å². The van der Waals surface area contributed by atoms with Gasteiger partial charge in [0.1, 0.15) is 0 Å². The molecule has 2 aromatic rings. The summed E-state index contributed by atoms with van der Waals surface area (Å²) in [4.78, 5) is 23.7. The number of amides is 1. The van der Waals surface area contributed by atoms with Crippen molar-refractivity contribution < 1.29 is 14.3 Å². The molecule has 5 nitrogen and oxygen atoms in total. The van der Waals surface area contributed by atoms with Gasteiger partial charge in [0, 0.05) is 11.4 Å². The van der Waals surface area contributed by atoms with Gasteiger partial charge in [-0.2, -0.15) is 0 Å². The summed E-state index contributed by atoms with van der Waals surface area (Å²) >= 11 is 5.96. The van der Waals surface area contributed by atoms with E-state index < -0.39 is 5.97 Å². The molecule has 2 aromatic carbocycles. The third-order valence-corrected chi connectivity index (χ3v) is 3.81. The molecule has 0 heterocycles. The van der Waals surface area contributed by atoms with Gasteiger partial charge in [-0.25, -0.2) is 4.79 Å². The van der Waals surface area contributed by atoms with Gasteiger partial charge < -0.3 is 15.4 Å². The fourth-order valence-electron chi connectivity index (χ4n) is 2.23. The highest BCUT2D eigenvalue weighted by atomic mass is 35.5. The molecular formula is C18H19ClN2O3. The summed E-state index contributed by atoms with van der Waals surface area (Å²) in [6, 6.07) is 10.7. The lowest BCUT2D eigenvalue weighted by atomic mass is 10.1. The van der Waals surface area contributed by atoms with Crippen molar-refractivity contribution in [2.45, 2.75) is 13.8 Å². The van der Waals surface area contributed by atoms with E-state index in [0.717, 1.165) is 16.8 Å². The Kier molecular flexibility index (Phi) is 5.82. The van der Waals surface area contributed by atoms with Crippen LogP contribution in [0.5, 0.6) is 0 Å². The minimum Gasteiger partial charge on any atom is -0.465 e. The Bertz CT molecular complexity index is 775. The second-order valence-corrected chi connectivity index (χ2v) is 5.81. The minimum atomic E-state index is -0.525. The summed E-state index contributed by atoms with van der Waals surface area (Å²) in [7, 11) is 1.29. The van der Waals surface area contributed by atoms with Gasteiger partial charge in [0.05, 0.1) is 24.2 Å². The third-order valence-electron chi connectivity index (χ3n) is 3.48. The molecule has 0 unspecified atom stereocenters. The van der Waals surface area contributed by atoms with E-state index in [1.54, 1.807) is 18.2 Å². The Morgan fingerprint density at radius 3 is 2.54 bits per heavy atom. The van der Waals surface area contributed by atoms with E-state index in [1.807, 2.05) is 32.0 Å². The number of carbonyl (C=O) groups is 2. The van der Waals surface area contributed by atoms with Crippen LogP contribution in [0.15, 0.2) is 36.4 Å². The maximum Gasteiger partial charge on any atom is 0.339 e. The summed E-state index contributed by atoms with van der Waals surface area (Å²) in [5, 5.41) is 6.11. The Hall–Kier alpha value is -2.53. The molecule has 0 aliphatic heterocycles. The lowest BCUT2D eigenvalue weighted by molar-refractivity contribution is -0.114. The van der Waals surface area contributed by atoms with E-state index in [2.05, 4.69) is 15.4 Å². The van der Waals surface area contributed by atoms with Crippen molar-refractivity contribution in [2.75, 3.05) is 24.3 Å². The van der Waals surface area contributed by atoms with Gasteiger partial charge in [-0.05, 0) is 43.7 Å². The predicted octanol–water partition coefficient (Wildman–Crippen LogP) is 3.79. The molecule has 0 aliphatic carbocycles. The van der Waals surface area contributed by atoms with Crippen LogP contribution in [0, 0.1) is 13.8 Å². The van der Waals surface area contributed by atoms with Crippen molar-refractivity contribution in [3.05, 3.63) is 58.1 Å². The van der Waals surface area contributed by atoms with E-state index in [1.165, 1.54) is 7.11 Å². The van der Waals surface area contributed by atoms with E-state index in [0.29, 0.717) is 10.7 Å². The summed E-state index contributed by atoms with van der Waals surface area (Å²) in [5.41, 5.74) is 3.77. The predicted molar refractivity (Wildman–Crippen MR) is 95.8 cm³/mol. The van der Waals surface area contributed by atoms with Gasteiger partial charge in [0.2, 0.25) is 5.91 Å². The van der Waals surface area contributed by atoms with Crippen molar-refractivity contribution in [3.63, 3.8) is 0 Å². The molecule has 126 valence electrons. The van der Waals surface area contributed by atoms with Crippen molar-refractivity contribution in [2.24, 2.45) is 0 Å². The molecule has 24 heavy (non-hydrogen) atoms. The number of hydrogen-bond donors (Lipinski definition) is 2. The van der Waals surface area contributed by atoms with E-state index >= 15 is 0 Å². The molecule has 0 bridgehead atoms. The molecule has 0 aromatic heterocycles. The molecule has 0 saturated carbocycles. The monoisotopic (exact) mass is 346 g/mol. The first-order chi connectivity index (χ1) is 11.4. The molecule has 0 fully saturated rings. The highest BCUT2D eigenvalue weighted by Crippen LogP contribution is 2.21. The highest BCUT2D eigenvalue weighted by Gasteiger charge is 2.12. The number of ether oxygens (including phenoxy) is 1. The Balaban J connectivity index is 2.00. The van der Waals surface area contributed by atoms with Gasteiger partial charge >= 0.3 is 5.97 Å². The Morgan fingerprint density at radius 1 is 1.12 bits per heavy atom. The molecule has 0 radical (unpaired) electrons. The third kappa shape index (κ3) is 4.49. The van der Waals surface area contributed by atoms with Crippen LogP contribution in [-0.2, 0) is 9.53 Å². The van der Waals surface area contributed by atoms with Crippen molar-refractivity contribution in [3.8, 4) is 0 Å². The van der Waals surface area contributed by atoms with Crippen molar-refractivity contribution in [1.82, 2.24) is 0 Å². The minimum absolute atomic E-state index is 0.0650. The molecule has 0 aliphatic rings. The number of methoxy groups -OCH3 is 1. The van der Waals surface area contributed by atoms with Gasteiger partial charge in [-0.3, -0.25) is 4.79 Å². The SMILES string of the molecule is COC(=O)c1cc(NCC(=O)Nc2ccc(C)cc2C)ccc1Cl. The van der Waals surface area contributed by atoms with E-state index in [4.69, 9.17) is 11.6 Å². The smallest absolute Gasteiger partial charge is 0.339 e. The largest absolute Gasteiger partial charge is 0.465 e. The second kappa shape index (κ2) is 7.84. The van der Waals surface area contributed by atoms with Crippen molar-refractivity contribution in [1.29, 1.82) is 0 Å². The van der Waals surface area contributed by atoms with Crippen LogP contribution >= 0.6 is 11.6 Å². The summed E-state index contributed by atoms with van der Waals surface area (Å²) in [5.74, 6) is -0.708. The quantitative estimate of drug-likeness (QED) is 0.808. The number of esters is 1. The summed E-state index contributed by atoms with van der Waals surface area (Å²) in [6.07, 6.45) is 0. The number of carbonyl (C=O) groups excluding carboxylic acids is 2. The molecular weight excluding hydrogens is 328 g/mol. The van der Waals surface area contributed by atoms with Crippen LogP contribution < -0.4 is 10.6 Å². The normalized spacial score (nSPS) is 10.2. The average Bonchev–Trinajstić information content (AvgIpc) is 2.56. The molecule has 2 N–H and O–H groups in total. The number of rotatable bonds is 5. The first-order valence-corrected chi connectivity index (χ1v) is 7.77. The Labute approximate surface area is 146 Å². The molecule has 1 amide bonds. The van der Waals surface area contributed by atoms with Crippen LogP contribution in [0.25, 0.3) is 0 Å². The van der Waals surface area contributed by atoms with Gasteiger partial charge in [0.25, 0.3) is 0 Å². The fourth-order valence-corrected chi connectivity index (χ4v) is 2.43. The number of hydrogen-bond acceptors (Lipinski definition) is 4. The summed E-state index contributed by atoms with van der Waals surface area (Å²) in [6.45, 7) is 4.01. The zero-order valence-corrected chi connectivity index (χ0v) is 14.5. The maximum atomic E-state index is 12.1. The standard InChI is InChI=1S/C18H19ClN2O3/c1-11-4-7-16(12(2)8-11)21-17(22)10-20-13-5-6-15(19)14(9-13)18(23)24-3/h4-9,20H,10H2,1-3H3,(H,21,22). The first kappa shape index (κ1) is 17.8. The van der Waals surface area contributed by atoms with Crippen LogP contribution in [0.1, 0.15) is 21.5 Å². The van der Waals surface area contributed by atoms with Crippen molar-refractivity contribution >= 4 is 34.9 Å². The first-order valence-electron chi connectivity index (χ1n) is 7.39. The number of benzene rings is 2. The molecule has 0 saturated heterocycles. The van der Waals surface area contributed by atoms with E-state index in [-0.39, 0.29) is 18.0 Å². The average molecular weight is 347 g/mol. The number of nitrogens with one attached hydrogen (secondary N) is 2. The Morgan fingerprint density at radius 2 is 1.88 bits per heavy atom. The van der Waals surface area contributed by atoms with E-state index in [9.17, 15) is 9.59 Å². The lowest BCUT2D eigenvalue weighted by Crippen LogP contribution is -2.22. The summed E-state index contributed by atoms with van der Waals surface area (Å²) < 4.78 is 4.67. The zero-order valence-electron chi connectivity index (χ0n) is 13.8. The van der Waals surface area contributed by atoms with Gasteiger partial charge in [0.15, 0.2) is 0 Å². The van der Waals surface area contributed by atoms with Crippen LogP contribution in [-0.4, -0.2) is 25.5 Å². The number of halogens is 1. The zero-order chi connectivity index (χ0) is 17.7. The topological polar surface area (TPSA) is 67.4 Å². The van der Waals surface area contributed by atoms with Crippen LogP contribution in [0.2, 0.25) is 5.02 Å². The maximum absolute atomic E-state index is 12.1. The molecule has 0 spiro atoms. The van der Waals surface area contributed by atoms with Gasteiger partial charge in [-0.1, -0.05) is 29.3 Å². The highest BCUT2D eigenvalue weighted by molar-refractivity contribution is 6.33.